The molecule has 0 aliphatic carbocycles. The van der Waals surface area contributed by atoms with Crippen LogP contribution >= 0.6 is 0 Å². The van der Waals surface area contributed by atoms with Crippen LogP contribution in [-0.2, 0) is 13.0 Å². The van der Waals surface area contributed by atoms with Gasteiger partial charge in [-0.25, -0.2) is 9.50 Å². The number of pyridine rings is 1. The minimum Gasteiger partial charge on any atom is -0.333 e. The van der Waals surface area contributed by atoms with Gasteiger partial charge in [-0.3, -0.25) is 4.79 Å². The standard InChI is InChI=1S/C27H29N5O/c1-19-28-11-13-30(19)18-20-4-2-5-23(14-20)27(33)32-24-7-8-25(32)17-21(16-24)15-22-6-3-12-31-26(22)9-10-29-31/h2-6,9-14,21,24-25H,7-8,15-18H2,1H3. The molecule has 0 radical (unpaired) electrons. The Morgan fingerprint density at radius 3 is 2.67 bits per heavy atom. The summed E-state index contributed by atoms with van der Waals surface area (Å²) in [7, 11) is 0. The maximum atomic E-state index is 13.6. The highest BCUT2D eigenvalue weighted by molar-refractivity contribution is 5.95. The van der Waals surface area contributed by atoms with Gasteiger partial charge in [0.1, 0.15) is 5.82 Å². The number of nitrogens with zero attached hydrogens (tertiary/aromatic N) is 5. The largest absolute Gasteiger partial charge is 0.333 e. The van der Waals surface area contributed by atoms with Crippen molar-refractivity contribution in [1.29, 1.82) is 0 Å². The fourth-order valence-electron chi connectivity index (χ4n) is 6.00. The predicted octanol–water partition coefficient (Wildman–Crippen LogP) is 4.51. The molecule has 0 spiro atoms. The highest BCUT2D eigenvalue weighted by Gasteiger charge is 2.43. The number of imidazole rings is 1. The van der Waals surface area contributed by atoms with Gasteiger partial charge in [0.2, 0.25) is 0 Å². The van der Waals surface area contributed by atoms with Crippen LogP contribution in [0, 0.1) is 12.8 Å². The highest BCUT2D eigenvalue weighted by atomic mass is 16.2. The number of carbonyl (C=O) groups excluding carboxylic acids is 1. The molecule has 33 heavy (non-hydrogen) atoms. The first-order chi connectivity index (χ1) is 16.2. The summed E-state index contributed by atoms with van der Waals surface area (Å²) in [5.41, 5.74) is 4.51. The van der Waals surface area contributed by atoms with E-state index in [0.717, 1.165) is 55.6 Å². The van der Waals surface area contributed by atoms with E-state index < -0.39 is 0 Å². The Bertz CT molecular complexity index is 1290. The van der Waals surface area contributed by atoms with Crippen LogP contribution < -0.4 is 0 Å². The van der Waals surface area contributed by atoms with E-state index in [2.05, 4.69) is 49.9 Å². The molecule has 3 aromatic heterocycles. The highest BCUT2D eigenvalue weighted by Crippen LogP contribution is 2.41. The number of amides is 1. The van der Waals surface area contributed by atoms with Gasteiger partial charge in [-0.15, -0.1) is 0 Å². The van der Waals surface area contributed by atoms with Crippen LogP contribution in [-0.4, -0.2) is 42.1 Å². The van der Waals surface area contributed by atoms with Gasteiger partial charge in [-0.2, -0.15) is 5.10 Å². The van der Waals surface area contributed by atoms with Gasteiger partial charge in [-0.1, -0.05) is 18.2 Å². The molecule has 5 heterocycles. The Hall–Kier alpha value is -3.41. The summed E-state index contributed by atoms with van der Waals surface area (Å²) in [6.45, 7) is 2.74. The maximum Gasteiger partial charge on any atom is 0.254 e. The molecular weight excluding hydrogens is 410 g/mol. The molecule has 6 heteroatoms. The molecule has 4 aromatic rings. The van der Waals surface area contributed by atoms with Crippen LogP contribution in [0.4, 0.5) is 0 Å². The SMILES string of the molecule is Cc1nccn1Cc1cccc(C(=O)N2C3CCC2CC(Cc2cccn4nccc24)C3)c1. The monoisotopic (exact) mass is 439 g/mol. The molecule has 0 N–H and O–H groups in total. The van der Waals surface area contributed by atoms with Gasteiger partial charge in [0.05, 0.1) is 5.52 Å². The van der Waals surface area contributed by atoms with E-state index in [9.17, 15) is 4.79 Å². The molecule has 2 aliphatic heterocycles. The molecule has 168 valence electrons. The van der Waals surface area contributed by atoms with E-state index in [1.807, 2.05) is 48.4 Å². The zero-order valence-electron chi connectivity index (χ0n) is 19.0. The van der Waals surface area contributed by atoms with Crippen molar-refractivity contribution in [2.45, 2.75) is 57.7 Å². The smallest absolute Gasteiger partial charge is 0.254 e. The molecule has 2 fully saturated rings. The fraction of sp³-hybridized carbons (Fsp3) is 0.370. The quantitative estimate of drug-likeness (QED) is 0.460. The van der Waals surface area contributed by atoms with Crippen molar-refractivity contribution in [1.82, 2.24) is 24.1 Å². The van der Waals surface area contributed by atoms with Crippen molar-refractivity contribution in [3.63, 3.8) is 0 Å². The summed E-state index contributed by atoms with van der Waals surface area (Å²) in [5, 5.41) is 4.38. The molecular formula is C27H29N5O. The van der Waals surface area contributed by atoms with Crippen LogP contribution in [0.15, 0.2) is 67.3 Å². The first-order valence-corrected chi connectivity index (χ1v) is 12.0. The van der Waals surface area contributed by atoms with Gasteiger partial charge in [-0.05, 0) is 80.3 Å². The molecule has 2 aliphatic rings. The van der Waals surface area contributed by atoms with Crippen LogP contribution in [0.2, 0.25) is 0 Å². The molecule has 2 bridgehead atoms. The number of rotatable bonds is 5. The third-order valence-corrected chi connectivity index (χ3v) is 7.55. The molecule has 0 saturated carbocycles. The summed E-state index contributed by atoms with van der Waals surface area (Å²) in [6, 6.07) is 15.2. The molecule has 2 unspecified atom stereocenters. The Kier molecular flexibility index (Phi) is 5.01. The second kappa shape index (κ2) is 8.18. The number of carbonyl (C=O) groups is 1. The van der Waals surface area contributed by atoms with E-state index in [-0.39, 0.29) is 5.91 Å². The van der Waals surface area contributed by atoms with Gasteiger partial charge >= 0.3 is 0 Å². The number of hydrogen-bond donors (Lipinski definition) is 0. The lowest BCUT2D eigenvalue weighted by molar-refractivity contribution is 0.0524. The lowest BCUT2D eigenvalue weighted by atomic mass is 9.85. The Labute approximate surface area is 193 Å². The second-order valence-electron chi connectivity index (χ2n) is 9.64. The van der Waals surface area contributed by atoms with E-state index in [1.54, 1.807) is 0 Å². The number of piperidine rings is 1. The van der Waals surface area contributed by atoms with E-state index in [4.69, 9.17) is 0 Å². The third kappa shape index (κ3) is 3.73. The molecule has 2 saturated heterocycles. The van der Waals surface area contributed by atoms with E-state index in [1.165, 1.54) is 11.1 Å². The molecule has 6 rings (SSSR count). The number of aryl methyl sites for hydroxylation is 1. The zero-order chi connectivity index (χ0) is 22.4. The minimum atomic E-state index is 0.197. The Balaban J connectivity index is 1.17. The van der Waals surface area contributed by atoms with E-state index in [0.29, 0.717) is 18.0 Å². The van der Waals surface area contributed by atoms with Gasteiger partial charge in [0.15, 0.2) is 0 Å². The summed E-state index contributed by atoms with van der Waals surface area (Å²) in [6.07, 6.45) is 13.2. The predicted molar refractivity (Wildman–Crippen MR) is 127 cm³/mol. The number of hydrogen-bond acceptors (Lipinski definition) is 3. The van der Waals surface area contributed by atoms with Crippen molar-refractivity contribution in [3.8, 4) is 0 Å². The second-order valence-corrected chi connectivity index (χ2v) is 9.64. The van der Waals surface area contributed by atoms with Crippen LogP contribution in [0.1, 0.15) is 53.0 Å². The van der Waals surface area contributed by atoms with Crippen molar-refractivity contribution in [2.24, 2.45) is 5.92 Å². The minimum absolute atomic E-state index is 0.197. The number of fused-ring (bicyclic) bond motifs is 3. The van der Waals surface area contributed by atoms with Crippen molar-refractivity contribution in [3.05, 3.63) is 89.8 Å². The first-order valence-electron chi connectivity index (χ1n) is 12.0. The third-order valence-electron chi connectivity index (χ3n) is 7.55. The van der Waals surface area contributed by atoms with Gasteiger partial charge in [0, 0.05) is 49.0 Å². The van der Waals surface area contributed by atoms with Crippen molar-refractivity contribution >= 4 is 11.4 Å². The Morgan fingerprint density at radius 2 is 1.88 bits per heavy atom. The van der Waals surface area contributed by atoms with Crippen LogP contribution in [0.25, 0.3) is 5.52 Å². The van der Waals surface area contributed by atoms with Gasteiger partial charge < -0.3 is 9.47 Å². The summed E-state index contributed by atoms with van der Waals surface area (Å²) in [4.78, 5) is 20.1. The summed E-state index contributed by atoms with van der Waals surface area (Å²) >= 11 is 0. The van der Waals surface area contributed by atoms with Gasteiger partial charge in [0.25, 0.3) is 5.91 Å². The average Bonchev–Trinajstić information content (AvgIpc) is 3.52. The molecule has 1 amide bonds. The maximum absolute atomic E-state index is 13.6. The lowest BCUT2D eigenvalue weighted by Crippen LogP contribution is -2.47. The lowest BCUT2D eigenvalue weighted by Gasteiger charge is -2.39. The summed E-state index contributed by atoms with van der Waals surface area (Å²) in [5.74, 6) is 1.80. The summed E-state index contributed by atoms with van der Waals surface area (Å²) < 4.78 is 4.07. The molecule has 6 nitrogen and oxygen atoms in total. The normalized spacial score (nSPS) is 22.2. The van der Waals surface area contributed by atoms with Crippen molar-refractivity contribution < 1.29 is 4.79 Å². The number of aromatic nitrogens is 4. The van der Waals surface area contributed by atoms with Crippen LogP contribution in [0.3, 0.4) is 0 Å². The van der Waals surface area contributed by atoms with Crippen LogP contribution in [0.5, 0.6) is 0 Å². The fourth-order valence-corrected chi connectivity index (χ4v) is 6.00. The van der Waals surface area contributed by atoms with Crippen molar-refractivity contribution in [2.75, 3.05) is 0 Å². The average molecular weight is 440 g/mol. The number of benzene rings is 1. The first kappa shape index (κ1) is 20.2. The topological polar surface area (TPSA) is 55.4 Å². The molecule has 2 atom stereocenters. The Morgan fingerprint density at radius 1 is 1.03 bits per heavy atom. The zero-order valence-corrected chi connectivity index (χ0v) is 19.0. The molecule has 1 aromatic carbocycles. The van der Waals surface area contributed by atoms with E-state index >= 15 is 0 Å².